The van der Waals surface area contributed by atoms with E-state index >= 15 is 0 Å². The summed E-state index contributed by atoms with van der Waals surface area (Å²) in [5, 5.41) is 0. The zero-order valence-corrected chi connectivity index (χ0v) is 18.7. The molecule has 0 spiro atoms. The molecule has 37 heavy (non-hydrogen) atoms. The van der Waals surface area contributed by atoms with Gasteiger partial charge >= 0.3 is 53.7 Å². The van der Waals surface area contributed by atoms with E-state index in [4.69, 9.17) is 0 Å². The Morgan fingerprint density at radius 3 is 1.35 bits per heavy atom. The molecule has 220 valence electrons. The third-order valence-corrected chi connectivity index (χ3v) is 4.65. The lowest BCUT2D eigenvalue weighted by molar-refractivity contribution is -0.454. The monoisotopic (exact) mass is 585 g/mol. The summed E-state index contributed by atoms with van der Waals surface area (Å²) < 4.78 is 211. The predicted molar refractivity (Wildman–Crippen MR) is 90.0 cm³/mol. The van der Waals surface area contributed by atoms with Crippen LogP contribution in [-0.2, 0) is 19.1 Å². The van der Waals surface area contributed by atoms with E-state index in [0.717, 1.165) is 13.8 Å². The maximum atomic E-state index is 14.7. The van der Waals surface area contributed by atoms with Crippen molar-refractivity contribution < 1.29 is 84.9 Å². The zero-order chi connectivity index (χ0) is 30.1. The highest BCUT2D eigenvalue weighted by Gasteiger charge is 2.93. The summed E-state index contributed by atoms with van der Waals surface area (Å²) in [5.41, 5.74) is 0. The molecule has 0 radical (unpaired) electrons. The van der Waals surface area contributed by atoms with Crippen LogP contribution >= 0.6 is 0 Å². The smallest absolute Gasteiger partial charge is 0.460 e. The lowest BCUT2D eigenvalue weighted by Crippen LogP contribution is -2.74. The highest BCUT2D eigenvalue weighted by atomic mass is 19.4. The summed E-state index contributed by atoms with van der Waals surface area (Å²) in [7, 11) is 0.257. The van der Waals surface area contributed by atoms with E-state index in [0.29, 0.717) is 0 Å². The largest absolute Gasteiger partial charge is 0.466 e. The molecule has 0 saturated heterocycles. The second kappa shape index (κ2) is 10.9. The highest BCUT2D eigenvalue weighted by molar-refractivity contribution is 5.72. The van der Waals surface area contributed by atoms with Crippen LogP contribution in [0.2, 0.25) is 0 Å². The molecule has 0 saturated carbocycles. The first-order valence-corrected chi connectivity index (χ1v) is 9.57. The number of halogens is 15. The van der Waals surface area contributed by atoms with Gasteiger partial charge in [0.25, 0.3) is 0 Å². The van der Waals surface area contributed by atoms with Crippen LogP contribution in [0.25, 0.3) is 0 Å². The van der Waals surface area contributed by atoms with Gasteiger partial charge < -0.3 is 9.47 Å². The Balaban J connectivity index is 6.84. The number of hydrogen-bond donors (Lipinski definition) is 0. The standard InChI is InChI=1S/C17H18F15NO4/c1-4-36-9(34)6-8(33(3)7-10(35)37-5-2)11(18,19)12(20,21)13(22,23)14(24,25)15(26,27)16(28,29)17(30,31)32/h8H,4-7H2,1-3H3. The number of alkyl halides is 15. The third-order valence-electron chi connectivity index (χ3n) is 4.65. The van der Waals surface area contributed by atoms with Gasteiger partial charge in [0.15, 0.2) is 0 Å². The summed E-state index contributed by atoms with van der Waals surface area (Å²) in [6, 6.07) is -3.77. The van der Waals surface area contributed by atoms with E-state index in [9.17, 15) is 75.4 Å². The predicted octanol–water partition coefficient (Wildman–Crippen LogP) is 5.18. The molecule has 0 N–H and O–H groups in total. The van der Waals surface area contributed by atoms with Gasteiger partial charge in [-0.05, 0) is 20.9 Å². The van der Waals surface area contributed by atoms with Crippen molar-refractivity contribution in [1.82, 2.24) is 4.90 Å². The molecule has 1 atom stereocenters. The fourth-order valence-electron chi connectivity index (χ4n) is 2.65. The molecule has 20 heteroatoms. The highest BCUT2D eigenvalue weighted by Crippen LogP contribution is 2.63. The minimum Gasteiger partial charge on any atom is -0.466 e. The van der Waals surface area contributed by atoms with E-state index in [-0.39, 0.29) is 11.9 Å². The van der Waals surface area contributed by atoms with E-state index in [1.807, 2.05) is 0 Å². The lowest BCUT2D eigenvalue weighted by atomic mass is 9.87. The van der Waals surface area contributed by atoms with Crippen LogP contribution in [0.15, 0.2) is 0 Å². The normalized spacial score (nSPS) is 15.5. The molecule has 5 nitrogen and oxygen atoms in total. The number of carbonyl (C=O) groups is 2. The summed E-state index contributed by atoms with van der Waals surface area (Å²) in [5.74, 6) is -51.4. The fraction of sp³-hybridized carbons (Fsp3) is 0.882. The van der Waals surface area contributed by atoms with Crippen LogP contribution in [-0.4, -0.2) is 91.4 Å². The van der Waals surface area contributed by atoms with Crippen molar-refractivity contribution in [2.75, 3.05) is 26.8 Å². The maximum absolute atomic E-state index is 14.7. The number of ether oxygens (including phenoxy) is 2. The van der Waals surface area contributed by atoms with Crippen LogP contribution in [0.5, 0.6) is 0 Å². The Morgan fingerprint density at radius 2 is 0.973 bits per heavy atom. The second-order valence-electron chi connectivity index (χ2n) is 7.24. The minimum absolute atomic E-state index is 0.257. The average molecular weight is 585 g/mol. The lowest BCUT2D eigenvalue weighted by Gasteiger charge is -2.44. The van der Waals surface area contributed by atoms with E-state index in [2.05, 4.69) is 9.47 Å². The van der Waals surface area contributed by atoms with Gasteiger partial charge in [0.2, 0.25) is 0 Å². The van der Waals surface area contributed by atoms with E-state index in [1.54, 1.807) is 0 Å². The molecule has 0 aliphatic carbocycles. The van der Waals surface area contributed by atoms with E-state index < -0.39 is 85.9 Å². The van der Waals surface area contributed by atoms with Gasteiger partial charge in [0.1, 0.15) is 0 Å². The van der Waals surface area contributed by atoms with Gasteiger partial charge in [-0.1, -0.05) is 0 Å². The Morgan fingerprint density at radius 1 is 0.622 bits per heavy atom. The van der Waals surface area contributed by atoms with Crippen molar-refractivity contribution in [3.8, 4) is 0 Å². The van der Waals surface area contributed by atoms with Crippen molar-refractivity contribution in [3.05, 3.63) is 0 Å². The maximum Gasteiger partial charge on any atom is 0.460 e. The van der Waals surface area contributed by atoms with Crippen LogP contribution in [0, 0.1) is 0 Å². The Labute approximate surface area is 197 Å². The third kappa shape index (κ3) is 5.97. The molecule has 0 aliphatic heterocycles. The Bertz CT molecular complexity index is 813. The van der Waals surface area contributed by atoms with Crippen LogP contribution < -0.4 is 0 Å². The van der Waals surface area contributed by atoms with Gasteiger partial charge in [0, 0.05) is 0 Å². The summed E-state index contributed by atoms with van der Waals surface area (Å²) in [6.07, 6.45) is -9.83. The Kier molecular flexibility index (Phi) is 10.3. The first-order chi connectivity index (χ1) is 16.2. The van der Waals surface area contributed by atoms with E-state index in [1.165, 1.54) is 0 Å². The number of nitrogens with zero attached hydrogens (tertiary/aromatic N) is 1. The topological polar surface area (TPSA) is 55.8 Å². The second-order valence-corrected chi connectivity index (χ2v) is 7.24. The Hall–Kier alpha value is -2.15. The quantitative estimate of drug-likeness (QED) is 0.221. The van der Waals surface area contributed by atoms with Crippen molar-refractivity contribution in [2.24, 2.45) is 0 Å². The van der Waals surface area contributed by atoms with Crippen molar-refractivity contribution in [3.63, 3.8) is 0 Å². The molecule has 0 aromatic rings. The van der Waals surface area contributed by atoms with Crippen LogP contribution in [0.4, 0.5) is 65.9 Å². The molecular formula is C17H18F15NO4. The van der Waals surface area contributed by atoms with Gasteiger partial charge in [0.05, 0.1) is 32.2 Å². The minimum atomic E-state index is -8.47. The first-order valence-electron chi connectivity index (χ1n) is 9.57. The molecular weight excluding hydrogens is 567 g/mol. The molecule has 0 aliphatic rings. The van der Waals surface area contributed by atoms with Gasteiger partial charge in [-0.3, -0.25) is 14.5 Å². The summed E-state index contributed by atoms with van der Waals surface area (Å²) in [4.78, 5) is 22.7. The summed E-state index contributed by atoms with van der Waals surface area (Å²) in [6.45, 7) is -0.472. The van der Waals surface area contributed by atoms with Gasteiger partial charge in [-0.2, -0.15) is 65.9 Å². The molecule has 0 amide bonds. The van der Waals surface area contributed by atoms with Gasteiger partial charge in [-0.25, -0.2) is 0 Å². The SMILES string of the molecule is CCOC(=O)CC(N(C)CC(=O)OCC)C(F)(F)C(F)(F)C(F)(F)C(F)(F)C(F)(F)C(F)(F)C(F)(F)F. The molecule has 0 bridgehead atoms. The molecule has 1 unspecified atom stereocenters. The molecule has 0 aromatic carbocycles. The molecule has 0 heterocycles. The van der Waals surface area contributed by atoms with Gasteiger partial charge in [-0.15, -0.1) is 0 Å². The molecule has 0 aromatic heterocycles. The van der Waals surface area contributed by atoms with Crippen molar-refractivity contribution >= 4 is 11.9 Å². The number of rotatable bonds is 13. The molecule has 0 fully saturated rings. The number of hydrogen-bond acceptors (Lipinski definition) is 5. The van der Waals surface area contributed by atoms with Crippen molar-refractivity contribution in [1.29, 1.82) is 0 Å². The fourth-order valence-corrected chi connectivity index (χ4v) is 2.65. The molecule has 0 rings (SSSR count). The summed E-state index contributed by atoms with van der Waals surface area (Å²) >= 11 is 0. The number of carbonyl (C=O) groups excluding carboxylic acids is 2. The average Bonchev–Trinajstić information content (AvgIpc) is 2.70. The van der Waals surface area contributed by atoms with Crippen LogP contribution in [0.3, 0.4) is 0 Å². The van der Waals surface area contributed by atoms with Crippen molar-refractivity contribution in [2.45, 2.75) is 68.0 Å². The number of esters is 2. The first kappa shape index (κ1) is 34.9. The number of likely N-dealkylation sites (N-methyl/N-ethyl adjacent to an activating group) is 1. The van der Waals surface area contributed by atoms with Crippen LogP contribution in [0.1, 0.15) is 20.3 Å². The zero-order valence-electron chi connectivity index (χ0n) is 18.7.